The van der Waals surface area contributed by atoms with Crippen molar-refractivity contribution in [3.63, 3.8) is 0 Å². The quantitative estimate of drug-likeness (QED) is 0.144. The first kappa shape index (κ1) is 28.7. The monoisotopic (exact) mass is 610 g/mol. The lowest BCUT2D eigenvalue weighted by molar-refractivity contribution is -0.569. The van der Waals surface area contributed by atoms with Crippen LogP contribution in [-0.4, -0.2) is 20.1 Å². The Bertz CT molecular complexity index is 2040. The molecule has 4 aromatic carbocycles. The standard InChI is InChI=1S/C38H37N6S/c1-38(2)30-20-25(24-41-37(39)40)18-19-32(30)42(3)35(38)23-28-21-26(22-36-43(4)33-16-10-11-17-34(33)45-36)29-14-8-9-15-31(29)44(28)27-12-6-5-7-13-27/h5-23H,24H2,1-4H3,(H4,39,40,41)/q+1/p+1. The highest BCUT2D eigenvalue weighted by Crippen LogP contribution is 2.48. The number of fused-ring (bicyclic) bond motifs is 3. The number of rotatable bonds is 5. The topological polar surface area (TPSA) is 76.4 Å². The summed E-state index contributed by atoms with van der Waals surface area (Å²) in [5.41, 5.74) is 21.8. The van der Waals surface area contributed by atoms with Crippen LogP contribution in [0.5, 0.6) is 0 Å². The fourth-order valence-electron chi connectivity index (χ4n) is 6.62. The van der Waals surface area contributed by atoms with Gasteiger partial charge in [-0.2, -0.15) is 4.57 Å². The van der Waals surface area contributed by atoms with E-state index >= 15 is 0 Å². The van der Waals surface area contributed by atoms with Crippen LogP contribution in [0.2, 0.25) is 0 Å². The average Bonchev–Trinajstić information content (AvgIpc) is 3.45. The van der Waals surface area contributed by atoms with Crippen molar-refractivity contribution in [3.05, 3.63) is 136 Å². The van der Waals surface area contributed by atoms with Gasteiger partial charge in [-0.3, -0.25) is 16.5 Å². The minimum absolute atomic E-state index is 0.228. The minimum atomic E-state index is -0.236. The number of hydrogen-bond acceptors (Lipinski definition) is 3. The summed E-state index contributed by atoms with van der Waals surface area (Å²) in [6.07, 6.45) is 4.70. The molecule has 7 rings (SSSR count). The molecule has 0 fully saturated rings. The van der Waals surface area contributed by atoms with Gasteiger partial charge in [0, 0.05) is 66.1 Å². The maximum absolute atomic E-state index is 5.69. The Balaban J connectivity index is 1.42. The highest BCUT2D eigenvalue weighted by Gasteiger charge is 2.39. The van der Waals surface area contributed by atoms with Crippen LogP contribution in [0, 0.1) is 0 Å². The molecule has 0 spiro atoms. The second-order valence-electron chi connectivity index (χ2n) is 12.2. The van der Waals surface area contributed by atoms with Crippen molar-refractivity contribution in [1.82, 2.24) is 0 Å². The van der Waals surface area contributed by atoms with Crippen LogP contribution in [0.3, 0.4) is 0 Å². The summed E-state index contributed by atoms with van der Waals surface area (Å²) < 4.78 is 2.38. The predicted molar refractivity (Wildman–Crippen MR) is 188 cm³/mol. The fraction of sp³-hybridized carbons (Fsp3) is 0.158. The molecule has 0 amide bonds. The van der Waals surface area contributed by atoms with Gasteiger partial charge in [-0.05, 0) is 53.1 Å². The molecule has 2 aliphatic heterocycles. The van der Waals surface area contributed by atoms with E-state index in [2.05, 4.69) is 163 Å². The van der Waals surface area contributed by atoms with Gasteiger partial charge in [0.05, 0.1) is 22.6 Å². The molecular formula is C38H38N6S+2. The zero-order valence-electron chi connectivity index (χ0n) is 26.1. The lowest BCUT2D eigenvalue weighted by Gasteiger charge is -2.24. The first-order valence-electron chi connectivity index (χ1n) is 15.2. The Labute approximate surface area is 269 Å². The Kier molecular flexibility index (Phi) is 7.13. The number of nitrogens with two attached hydrogens (primary N) is 2. The SMILES string of the molecule is CN1C(=Cc2cc(/C=C3\N(C)c4ccc(C[NH+]=C(N)N)cc4C3(C)C)[n+](-c3ccccc3)c3ccccc23)Sc2ccccc21. The summed E-state index contributed by atoms with van der Waals surface area (Å²) in [6, 6.07) is 36.9. The molecule has 224 valence electrons. The van der Waals surface area contributed by atoms with Crippen LogP contribution in [0.4, 0.5) is 11.4 Å². The van der Waals surface area contributed by atoms with Gasteiger partial charge in [-0.25, -0.2) is 0 Å². The summed E-state index contributed by atoms with van der Waals surface area (Å²) in [4.78, 5) is 8.96. The molecular weight excluding hydrogens is 573 g/mol. The molecule has 0 bridgehead atoms. The van der Waals surface area contributed by atoms with Crippen LogP contribution >= 0.6 is 11.8 Å². The molecule has 2 aliphatic rings. The van der Waals surface area contributed by atoms with Gasteiger partial charge in [0.1, 0.15) is 0 Å². The number of allylic oxidation sites excluding steroid dienone is 1. The summed E-state index contributed by atoms with van der Waals surface area (Å²) in [7, 11) is 4.32. The number of likely N-dealkylation sites (N-methyl/N-ethyl adjacent to an activating group) is 1. The molecule has 6 nitrogen and oxygen atoms in total. The van der Waals surface area contributed by atoms with Gasteiger partial charge in [0.2, 0.25) is 16.9 Å². The van der Waals surface area contributed by atoms with Gasteiger partial charge in [-0.1, -0.05) is 74.1 Å². The van der Waals surface area contributed by atoms with E-state index in [1.807, 2.05) is 11.8 Å². The maximum atomic E-state index is 5.69. The van der Waals surface area contributed by atoms with Crippen molar-refractivity contribution < 1.29 is 9.56 Å². The van der Waals surface area contributed by atoms with E-state index in [0.29, 0.717) is 6.54 Å². The van der Waals surface area contributed by atoms with Gasteiger partial charge in [0.25, 0.3) is 0 Å². The highest BCUT2D eigenvalue weighted by atomic mass is 32.2. The normalized spacial score (nSPS) is 16.8. The summed E-state index contributed by atoms with van der Waals surface area (Å²) in [5.74, 6) is 0.228. The van der Waals surface area contributed by atoms with Gasteiger partial charge in [-0.15, -0.1) is 0 Å². The van der Waals surface area contributed by atoms with Gasteiger partial charge < -0.3 is 9.80 Å². The van der Waals surface area contributed by atoms with Gasteiger partial charge in [0.15, 0.2) is 0 Å². The molecule has 45 heavy (non-hydrogen) atoms. The minimum Gasteiger partial charge on any atom is -0.347 e. The Morgan fingerprint density at radius 1 is 0.822 bits per heavy atom. The first-order valence-corrected chi connectivity index (χ1v) is 16.0. The molecule has 0 aliphatic carbocycles. The molecule has 1 aromatic heterocycles. The molecule has 5 aromatic rings. The van der Waals surface area contributed by atoms with E-state index in [1.165, 1.54) is 43.5 Å². The first-order chi connectivity index (χ1) is 21.7. The summed E-state index contributed by atoms with van der Waals surface area (Å²) >= 11 is 1.82. The van der Waals surface area contributed by atoms with E-state index in [9.17, 15) is 0 Å². The van der Waals surface area contributed by atoms with Crippen molar-refractivity contribution in [2.45, 2.75) is 30.7 Å². The number of benzene rings is 4. The molecule has 0 unspecified atom stereocenters. The highest BCUT2D eigenvalue weighted by molar-refractivity contribution is 8.03. The molecule has 3 heterocycles. The van der Waals surface area contributed by atoms with E-state index < -0.39 is 0 Å². The van der Waals surface area contributed by atoms with Crippen LogP contribution in [0.25, 0.3) is 28.7 Å². The molecule has 0 radical (unpaired) electrons. The number of nitrogens with one attached hydrogen (secondary N) is 1. The van der Waals surface area contributed by atoms with E-state index in [-0.39, 0.29) is 11.4 Å². The second-order valence-corrected chi connectivity index (χ2v) is 13.3. The third-order valence-corrected chi connectivity index (χ3v) is 10.1. The number of para-hydroxylation sites is 3. The number of aromatic nitrogens is 1. The third-order valence-electron chi connectivity index (χ3n) is 8.96. The number of hydrogen-bond donors (Lipinski definition) is 3. The fourth-order valence-corrected chi connectivity index (χ4v) is 7.72. The number of nitrogens with zero attached hydrogens (tertiary/aromatic N) is 3. The van der Waals surface area contributed by atoms with Crippen LogP contribution < -0.4 is 30.8 Å². The molecule has 0 atom stereocenters. The molecule has 7 heteroatoms. The number of pyridine rings is 1. The Morgan fingerprint density at radius 2 is 1.56 bits per heavy atom. The average molecular weight is 611 g/mol. The number of guanidine groups is 1. The summed E-state index contributed by atoms with van der Waals surface area (Å²) in [6.45, 7) is 5.20. The largest absolute Gasteiger partial charge is 0.347 e. The number of thioether (sulfide) groups is 1. The smallest absolute Gasteiger partial charge is 0.339 e. The van der Waals surface area contributed by atoms with Crippen LogP contribution in [-0.2, 0) is 12.0 Å². The zero-order valence-corrected chi connectivity index (χ0v) is 26.9. The molecule has 0 saturated heterocycles. The second kappa shape index (κ2) is 11.2. The maximum Gasteiger partial charge on any atom is 0.339 e. The predicted octanol–water partition coefficient (Wildman–Crippen LogP) is 5.28. The lowest BCUT2D eigenvalue weighted by atomic mass is 9.82. The van der Waals surface area contributed by atoms with Crippen molar-refractivity contribution in [1.29, 1.82) is 0 Å². The van der Waals surface area contributed by atoms with E-state index in [1.54, 1.807) is 0 Å². The Morgan fingerprint density at radius 3 is 2.33 bits per heavy atom. The molecule has 5 N–H and O–H groups in total. The van der Waals surface area contributed by atoms with Crippen molar-refractivity contribution in [3.8, 4) is 5.69 Å². The van der Waals surface area contributed by atoms with Crippen molar-refractivity contribution in [2.24, 2.45) is 11.5 Å². The van der Waals surface area contributed by atoms with Crippen LogP contribution in [0.15, 0.2) is 119 Å². The zero-order chi connectivity index (χ0) is 31.3. The molecule has 0 saturated carbocycles. The van der Waals surface area contributed by atoms with Crippen molar-refractivity contribution >= 4 is 52.2 Å². The Hall–Kier alpha value is -5.01. The van der Waals surface area contributed by atoms with Crippen molar-refractivity contribution in [2.75, 3.05) is 23.9 Å². The van der Waals surface area contributed by atoms with E-state index in [4.69, 9.17) is 11.5 Å². The summed E-state index contributed by atoms with van der Waals surface area (Å²) in [5, 5.41) is 2.41. The lowest BCUT2D eigenvalue weighted by Crippen LogP contribution is -2.76. The third kappa shape index (κ3) is 5.03. The number of anilines is 2. The van der Waals surface area contributed by atoms with Gasteiger partial charge >= 0.3 is 5.96 Å². The van der Waals surface area contributed by atoms with Crippen LogP contribution in [0.1, 0.15) is 36.2 Å². The van der Waals surface area contributed by atoms with E-state index in [0.717, 1.165) is 22.5 Å².